The van der Waals surface area contributed by atoms with Crippen LogP contribution in [-0.2, 0) is 6.54 Å². The number of carbonyl (C=O) groups excluding carboxylic acids is 1. The maximum atomic E-state index is 13.0. The second-order valence-corrected chi connectivity index (χ2v) is 6.98. The molecular weight excluding hydrogens is 383 g/mol. The number of piperazine rings is 1. The number of halogens is 2. The lowest BCUT2D eigenvalue weighted by Gasteiger charge is -2.34. The lowest BCUT2D eigenvalue weighted by Crippen LogP contribution is -2.48. The van der Waals surface area contributed by atoms with Crippen LogP contribution in [0.1, 0.15) is 16.2 Å². The number of nitrogens with zero attached hydrogens (tertiary/aromatic N) is 4. The number of hydrogen-bond donors (Lipinski definition) is 0. The van der Waals surface area contributed by atoms with Crippen molar-refractivity contribution in [2.24, 2.45) is 0 Å². The van der Waals surface area contributed by atoms with Gasteiger partial charge in [0.1, 0.15) is 5.82 Å². The molecule has 0 radical (unpaired) electrons. The van der Waals surface area contributed by atoms with E-state index in [0.717, 1.165) is 0 Å². The molecule has 4 rings (SSSR count). The summed E-state index contributed by atoms with van der Waals surface area (Å²) in [5.41, 5.74) is 1.20. The zero-order valence-electron chi connectivity index (χ0n) is 15.0. The molecule has 28 heavy (non-hydrogen) atoms. The van der Waals surface area contributed by atoms with Gasteiger partial charge in [-0.3, -0.25) is 9.69 Å². The first kappa shape index (κ1) is 18.6. The van der Waals surface area contributed by atoms with Gasteiger partial charge in [0.15, 0.2) is 5.82 Å². The molecule has 3 aromatic rings. The van der Waals surface area contributed by atoms with Crippen molar-refractivity contribution >= 4 is 17.5 Å². The van der Waals surface area contributed by atoms with Crippen LogP contribution in [0.25, 0.3) is 11.5 Å². The molecule has 1 fully saturated rings. The normalized spacial score (nSPS) is 15.0. The summed E-state index contributed by atoms with van der Waals surface area (Å²) in [7, 11) is 0. The fourth-order valence-electron chi connectivity index (χ4n) is 3.14. The Bertz CT molecular complexity index is 968. The van der Waals surface area contributed by atoms with Gasteiger partial charge in [0, 0.05) is 31.7 Å². The molecule has 0 N–H and O–H groups in total. The Morgan fingerprint density at radius 3 is 2.50 bits per heavy atom. The Hall–Kier alpha value is -2.77. The van der Waals surface area contributed by atoms with Crippen molar-refractivity contribution in [2.75, 3.05) is 26.2 Å². The van der Waals surface area contributed by atoms with E-state index >= 15 is 0 Å². The van der Waals surface area contributed by atoms with Gasteiger partial charge in [-0.25, -0.2) is 4.39 Å². The van der Waals surface area contributed by atoms with E-state index in [0.29, 0.717) is 60.6 Å². The summed E-state index contributed by atoms with van der Waals surface area (Å²) in [5.74, 6) is 0.559. The van der Waals surface area contributed by atoms with Crippen LogP contribution in [0.5, 0.6) is 0 Å². The van der Waals surface area contributed by atoms with E-state index in [1.54, 1.807) is 29.2 Å². The summed E-state index contributed by atoms with van der Waals surface area (Å²) in [6.07, 6.45) is 0. The highest BCUT2D eigenvalue weighted by atomic mass is 35.5. The molecule has 0 spiro atoms. The first-order valence-corrected chi connectivity index (χ1v) is 9.32. The standard InChI is InChI=1S/C20H18ClFN4O2/c21-17-4-2-1-3-16(17)20(27)26-11-9-25(10-12-26)13-18-23-19(28-24-18)14-5-7-15(22)8-6-14/h1-8H,9-13H2. The molecule has 2 aromatic carbocycles. The van der Waals surface area contributed by atoms with Gasteiger partial charge in [-0.2, -0.15) is 4.98 Å². The van der Waals surface area contributed by atoms with Gasteiger partial charge in [0.25, 0.3) is 11.8 Å². The Morgan fingerprint density at radius 1 is 1.07 bits per heavy atom. The molecule has 1 aliphatic rings. The number of carbonyl (C=O) groups is 1. The third-order valence-electron chi connectivity index (χ3n) is 4.69. The van der Waals surface area contributed by atoms with Crippen molar-refractivity contribution in [2.45, 2.75) is 6.54 Å². The topological polar surface area (TPSA) is 62.5 Å². The predicted molar refractivity (Wildman–Crippen MR) is 102 cm³/mol. The molecule has 0 unspecified atom stereocenters. The number of amides is 1. The smallest absolute Gasteiger partial charge is 0.257 e. The average molecular weight is 401 g/mol. The van der Waals surface area contributed by atoms with Gasteiger partial charge in [-0.1, -0.05) is 28.9 Å². The molecule has 0 atom stereocenters. The maximum Gasteiger partial charge on any atom is 0.257 e. The molecule has 8 heteroatoms. The minimum Gasteiger partial charge on any atom is -0.336 e. The van der Waals surface area contributed by atoms with Gasteiger partial charge < -0.3 is 9.42 Å². The predicted octanol–water partition coefficient (Wildman–Crippen LogP) is 3.49. The SMILES string of the molecule is O=C(c1ccccc1Cl)N1CCN(Cc2noc(-c3ccc(F)cc3)n2)CC1. The van der Waals surface area contributed by atoms with Crippen molar-refractivity contribution in [1.29, 1.82) is 0 Å². The molecule has 1 aliphatic heterocycles. The molecule has 1 amide bonds. The van der Waals surface area contributed by atoms with Crippen LogP contribution >= 0.6 is 11.6 Å². The Labute approximate surface area is 166 Å². The number of rotatable bonds is 4. The van der Waals surface area contributed by atoms with E-state index < -0.39 is 0 Å². The van der Waals surface area contributed by atoms with Gasteiger partial charge in [-0.05, 0) is 36.4 Å². The Kier molecular flexibility index (Phi) is 5.36. The van der Waals surface area contributed by atoms with Crippen molar-refractivity contribution in [3.05, 3.63) is 70.8 Å². The van der Waals surface area contributed by atoms with Crippen LogP contribution in [-0.4, -0.2) is 52.0 Å². The van der Waals surface area contributed by atoms with Gasteiger partial charge in [0.05, 0.1) is 17.1 Å². The van der Waals surface area contributed by atoms with Crippen molar-refractivity contribution in [3.8, 4) is 11.5 Å². The highest BCUT2D eigenvalue weighted by Crippen LogP contribution is 2.20. The van der Waals surface area contributed by atoms with Crippen molar-refractivity contribution in [3.63, 3.8) is 0 Å². The summed E-state index contributed by atoms with van der Waals surface area (Å²) < 4.78 is 18.3. The molecule has 2 heterocycles. The van der Waals surface area contributed by atoms with E-state index in [-0.39, 0.29) is 11.7 Å². The summed E-state index contributed by atoms with van der Waals surface area (Å²) in [5, 5.41) is 4.47. The van der Waals surface area contributed by atoms with Gasteiger partial charge in [0.2, 0.25) is 0 Å². The van der Waals surface area contributed by atoms with Crippen molar-refractivity contribution < 1.29 is 13.7 Å². The quantitative estimate of drug-likeness (QED) is 0.671. The van der Waals surface area contributed by atoms with Crippen LogP contribution < -0.4 is 0 Å². The number of hydrogen-bond acceptors (Lipinski definition) is 5. The molecule has 0 bridgehead atoms. The fraction of sp³-hybridized carbons (Fsp3) is 0.250. The van der Waals surface area contributed by atoms with E-state index in [2.05, 4.69) is 15.0 Å². The summed E-state index contributed by atoms with van der Waals surface area (Å²) in [6, 6.07) is 13.0. The summed E-state index contributed by atoms with van der Waals surface area (Å²) in [4.78, 5) is 21.0. The van der Waals surface area contributed by atoms with Crippen LogP contribution in [0.2, 0.25) is 5.02 Å². The van der Waals surface area contributed by atoms with E-state index in [4.69, 9.17) is 16.1 Å². The number of benzene rings is 2. The van der Waals surface area contributed by atoms with Crippen molar-refractivity contribution in [1.82, 2.24) is 19.9 Å². The Balaban J connectivity index is 1.34. The third-order valence-corrected chi connectivity index (χ3v) is 5.02. The first-order chi connectivity index (χ1) is 13.6. The number of aromatic nitrogens is 2. The monoisotopic (exact) mass is 400 g/mol. The second kappa shape index (κ2) is 8.08. The second-order valence-electron chi connectivity index (χ2n) is 6.57. The minimum absolute atomic E-state index is 0.0524. The molecule has 6 nitrogen and oxygen atoms in total. The molecule has 1 aromatic heterocycles. The lowest BCUT2D eigenvalue weighted by molar-refractivity contribution is 0.0624. The van der Waals surface area contributed by atoms with Crippen LogP contribution in [0, 0.1) is 5.82 Å². The summed E-state index contributed by atoms with van der Waals surface area (Å²) >= 11 is 6.13. The fourth-order valence-corrected chi connectivity index (χ4v) is 3.36. The highest BCUT2D eigenvalue weighted by Gasteiger charge is 2.24. The van der Waals surface area contributed by atoms with E-state index in [9.17, 15) is 9.18 Å². The third kappa shape index (κ3) is 4.05. The highest BCUT2D eigenvalue weighted by molar-refractivity contribution is 6.33. The van der Waals surface area contributed by atoms with Gasteiger partial charge >= 0.3 is 0 Å². The molecular formula is C20H18ClFN4O2. The van der Waals surface area contributed by atoms with E-state index in [1.165, 1.54) is 12.1 Å². The minimum atomic E-state index is -0.312. The average Bonchev–Trinajstić information content (AvgIpc) is 3.17. The first-order valence-electron chi connectivity index (χ1n) is 8.95. The van der Waals surface area contributed by atoms with Crippen LogP contribution in [0.4, 0.5) is 4.39 Å². The van der Waals surface area contributed by atoms with Gasteiger partial charge in [-0.15, -0.1) is 0 Å². The largest absolute Gasteiger partial charge is 0.336 e. The lowest BCUT2D eigenvalue weighted by atomic mass is 10.2. The molecule has 144 valence electrons. The molecule has 0 saturated carbocycles. The van der Waals surface area contributed by atoms with Crippen LogP contribution in [0.15, 0.2) is 53.1 Å². The Morgan fingerprint density at radius 2 is 1.79 bits per heavy atom. The molecule has 1 saturated heterocycles. The van der Waals surface area contributed by atoms with Crippen LogP contribution in [0.3, 0.4) is 0 Å². The zero-order chi connectivity index (χ0) is 19.5. The molecule has 0 aliphatic carbocycles. The maximum absolute atomic E-state index is 13.0. The van der Waals surface area contributed by atoms with E-state index in [1.807, 2.05) is 12.1 Å². The zero-order valence-corrected chi connectivity index (χ0v) is 15.8. The summed E-state index contributed by atoms with van der Waals surface area (Å²) in [6.45, 7) is 3.14.